The molecule has 1 fully saturated rings. The molecule has 2 aromatic rings. The number of benzene rings is 1. The number of nitrogens with one attached hydrogen (secondary N) is 1. The fourth-order valence-corrected chi connectivity index (χ4v) is 2.92. The number of ether oxygens (including phenoxy) is 1. The zero-order valence-corrected chi connectivity index (χ0v) is 14.7. The summed E-state index contributed by atoms with van der Waals surface area (Å²) in [6.07, 6.45) is 6.12. The van der Waals surface area contributed by atoms with Crippen LogP contribution < -0.4 is 10.1 Å². The van der Waals surface area contributed by atoms with E-state index in [1.165, 1.54) is 43.9 Å². The van der Waals surface area contributed by atoms with E-state index in [1.54, 1.807) is 0 Å². The highest BCUT2D eigenvalue weighted by molar-refractivity contribution is 5.84. The van der Waals surface area contributed by atoms with Gasteiger partial charge in [0.15, 0.2) is 5.69 Å². The molecule has 1 aromatic heterocycles. The maximum Gasteiger partial charge on any atom is 0.356 e. The molecule has 0 atom stereocenters. The Kier molecular flexibility index (Phi) is 6.38. The summed E-state index contributed by atoms with van der Waals surface area (Å²) in [5.74, 6) is 0.389. The number of nitrogens with zero attached hydrogens (tertiary/aromatic N) is 3. The minimum absolute atomic E-state index is 0.0594. The number of carboxylic acids is 1. The molecular formula is C19H24N4O3. The number of likely N-dealkylation sites (tertiary alicyclic amines) is 1. The summed E-state index contributed by atoms with van der Waals surface area (Å²) in [5, 5.41) is 11.9. The molecule has 1 aliphatic heterocycles. The smallest absolute Gasteiger partial charge is 0.356 e. The van der Waals surface area contributed by atoms with Crippen LogP contribution >= 0.6 is 0 Å². The zero-order valence-electron chi connectivity index (χ0n) is 14.7. The van der Waals surface area contributed by atoms with Crippen molar-refractivity contribution >= 4 is 11.8 Å². The molecule has 1 aliphatic rings. The van der Waals surface area contributed by atoms with Crippen LogP contribution in [0.5, 0.6) is 5.75 Å². The second-order valence-electron chi connectivity index (χ2n) is 6.31. The van der Waals surface area contributed by atoms with Gasteiger partial charge in [-0.1, -0.05) is 12.1 Å². The van der Waals surface area contributed by atoms with Gasteiger partial charge in [-0.05, 0) is 50.0 Å². The summed E-state index contributed by atoms with van der Waals surface area (Å²) in [6, 6.07) is 8.12. The van der Waals surface area contributed by atoms with Gasteiger partial charge < -0.3 is 15.2 Å². The number of aromatic nitrogens is 2. The van der Waals surface area contributed by atoms with Crippen molar-refractivity contribution in [3.63, 3.8) is 0 Å². The highest BCUT2D eigenvalue weighted by Gasteiger charge is 2.10. The Morgan fingerprint density at radius 3 is 2.58 bits per heavy atom. The van der Waals surface area contributed by atoms with Gasteiger partial charge in [-0.15, -0.1) is 0 Å². The van der Waals surface area contributed by atoms with Gasteiger partial charge >= 0.3 is 5.97 Å². The molecule has 26 heavy (non-hydrogen) atoms. The monoisotopic (exact) mass is 356 g/mol. The predicted molar refractivity (Wildman–Crippen MR) is 98.8 cm³/mol. The van der Waals surface area contributed by atoms with Crippen molar-refractivity contribution in [3.05, 3.63) is 47.9 Å². The Labute approximate surface area is 153 Å². The molecule has 2 N–H and O–H groups in total. The molecule has 0 radical (unpaired) electrons. The van der Waals surface area contributed by atoms with Gasteiger partial charge in [0.2, 0.25) is 0 Å². The average molecular weight is 356 g/mol. The van der Waals surface area contributed by atoms with Crippen LogP contribution in [0.4, 0.5) is 5.82 Å². The standard InChI is InChI=1S/C19H24N4O3/c24-19(25)17-13-22-18(14-21-17)20-8-7-15-3-5-16(6-4-15)26-12-11-23-9-1-2-10-23/h3-6,13-14H,1-2,7-12H2,(H,20,22)(H,24,25). The quantitative estimate of drug-likeness (QED) is 0.713. The third kappa shape index (κ3) is 5.42. The highest BCUT2D eigenvalue weighted by atomic mass is 16.5. The van der Waals surface area contributed by atoms with E-state index >= 15 is 0 Å². The molecule has 2 heterocycles. The van der Waals surface area contributed by atoms with E-state index in [-0.39, 0.29) is 5.69 Å². The summed E-state index contributed by atoms with van der Waals surface area (Å²) >= 11 is 0. The number of anilines is 1. The normalized spacial score (nSPS) is 14.3. The number of carbonyl (C=O) groups is 1. The molecule has 0 saturated carbocycles. The van der Waals surface area contributed by atoms with E-state index in [1.807, 2.05) is 12.1 Å². The number of aromatic carboxylic acids is 1. The first-order valence-corrected chi connectivity index (χ1v) is 8.94. The van der Waals surface area contributed by atoms with Crippen LogP contribution in [0, 0.1) is 0 Å². The van der Waals surface area contributed by atoms with Crippen molar-refractivity contribution in [2.45, 2.75) is 19.3 Å². The number of hydrogen-bond acceptors (Lipinski definition) is 6. The highest BCUT2D eigenvalue weighted by Crippen LogP contribution is 2.13. The lowest BCUT2D eigenvalue weighted by atomic mass is 10.1. The van der Waals surface area contributed by atoms with Crippen LogP contribution in [-0.4, -0.2) is 58.7 Å². The van der Waals surface area contributed by atoms with Crippen molar-refractivity contribution in [3.8, 4) is 5.75 Å². The summed E-state index contributed by atoms with van der Waals surface area (Å²) in [6.45, 7) is 4.80. The van der Waals surface area contributed by atoms with Crippen LogP contribution in [0.3, 0.4) is 0 Å². The summed E-state index contributed by atoms with van der Waals surface area (Å²) in [5.41, 5.74) is 1.13. The largest absolute Gasteiger partial charge is 0.492 e. The molecule has 0 aliphatic carbocycles. The molecule has 0 unspecified atom stereocenters. The first kappa shape index (κ1) is 18.1. The van der Waals surface area contributed by atoms with Gasteiger partial charge in [0.25, 0.3) is 0 Å². The number of hydrogen-bond donors (Lipinski definition) is 2. The fraction of sp³-hybridized carbons (Fsp3) is 0.421. The Morgan fingerprint density at radius 2 is 1.92 bits per heavy atom. The zero-order chi connectivity index (χ0) is 18.2. The maximum absolute atomic E-state index is 10.7. The van der Waals surface area contributed by atoms with Crippen molar-refractivity contribution in [1.29, 1.82) is 0 Å². The lowest BCUT2D eigenvalue weighted by Crippen LogP contribution is -2.25. The van der Waals surface area contributed by atoms with Crippen molar-refractivity contribution < 1.29 is 14.6 Å². The van der Waals surface area contributed by atoms with Crippen LogP contribution in [-0.2, 0) is 6.42 Å². The molecule has 7 heteroatoms. The Hall–Kier alpha value is -2.67. The van der Waals surface area contributed by atoms with Gasteiger partial charge in [-0.2, -0.15) is 0 Å². The lowest BCUT2D eigenvalue weighted by Gasteiger charge is -2.15. The van der Waals surface area contributed by atoms with E-state index in [2.05, 4.69) is 32.3 Å². The van der Waals surface area contributed by atoms with E-state index in [0.29, 0.717) is 12.4 Å². The summed E-state index contributed by atoms with van der Waals surface area (Å²) in [4.78, 5) is 21.0. The van der Waals surface area contributed by atoms with Crippen molar-refractivity contribution in [1.82, 2.24) is 14.9 Å². The van der Waals surface area contributed by atoms with Gasteiger partial charge in [0.05, 0.1) is 12.4 Å². The molecule has 1 saturated heterocycles. The van der Waals surface area contributed by atoms with E-state index in [9.17, 15) is 4.79 Å². The van der Waals surface area contributed by atoms with Crippen molar-refractivity contribution in [2.24, 2.45) is 0 Å². The summed E-state index contributed by atoms with van der Waals surface area (Å²) in [7, 11) is 0. The minimum Gasteiger partial charge on any atom is -0.492 e. The van der Waals surface area contributed by atoms with Gasteiger partial charge in [-0.25, -0.2) is 14.8 Å². The molecule has 138 valence electrons. The second-order valence-corrected chi connectivity index (χ2v) is 6.31. The molecule has 7 nitrogen and oxygen atoms in total. The van der Waals surface area contributed by atoms with E-state index < -0.39 is 5.97 Å². The fourth-order valence-electron chi connectivity index (χ4n) is 2.92. The van der Waals surface area contributed by atoms with Gasteiger partial charge in [-0.3, -0.25) is 4.90 Å². The third-order valence-electron chi connectivity index (χ3n) is 4.39. The van der Waals surface area contributed by atoms with E-state index in [4.69, 9.17) is 9.84 Å². The average Bonchev–Trinajstić information content (AvgIpc) is 3.17. The topological polar surface area (TPSA) is 87.6 Å². The first-order valence-electron chi connectivity index (χ1n) is 8.94. The third-order valence-corrected chi connectivity index (χ3v) is 4.39. The van der Waals surface area contributed by atoms with E-state index in [0.717, 1.165) is 25.3 Å². The van der Waals surface area contributed by atoms with Gasteiger partial charge in [0, 0.05) is 13.1 Å². The summed E-state index contributed by atoms with van der Waals surface area (Å²) < 4.78 is 5.80. The SMILES string of the molecule is O=C(O)c1cnc(NCCc2ccc(OCCN3CCCC3)cc2)cn1. The number of carboxylic acid groups (broad SMARTS) is 1. The minimum atomic E-state index is -1.08. The molecule has 0 spiro atoms. The number of rotatable bonds is 9. The molecule has 0 bridgehead atoms. The van der Waals surface area contributed by atoms with Crippen LogP contribution in [0.1, 0.15) is 28.9 Å². The molecule has 3 rings (SSSR count). The molecular weight excluding hydrogens is 332 g/mol. The molecule has 0 amide bonds. The van der Waals surface area contributed by atoms with Crippen LogP contribution in [0.25, 0.3) is 0 Å². The first-order chi connectivity index (χ1) is 12.7. The maximum atomic E-state index is 10.7. The lowest BCUT2D eigenvalue weighted by molar-refractivity contribution is 0.0690. The second kappa shape index (κ2) is 9.15. The molecule has 1 aromatic carbocycles. The van der Waals surface area contributed by atoms with Gasteiger partial charge in [0.1, 0.15) is 18.2 Å². The predicted octanol–water partition coefficient (Wildman–Crippen LogP) is 2.30. The van der Waals surface area contributed by atoms with Crippen molar-refractivity contribution in [2.75, 3.05) is 38.1 Å². The van der Waals surface area contributed by atoms with Crippen LogP contribution in [0.15, 0.2) is 36.7 Å². The Morgan fingerprint density at radius 1 is 1.15 bits per heavy atom. The van der Waals surface area contributed by atoms with Crippen LogP contribution in [0.2, 0.25) is 0 Å². The Balaban J connectivity index is 1.37. The Bertz CT molecular complexity index is 698.